The second-order valence-corrected chi connectivity index (χ2v) is 5.99. The Hall–Kier alpha value is -3.55. The summed E-state index contributed by atoms with van der Waals surface area (Å²) in [5.41, 5.74) is 5.38. The molecule has 4 heterocycles. The highest BCUT2D eigenvalue weighted by molar-refractivity contribution is 5.88. The molecule has 8 nitrogen and oxygen atoms in total. The van der Waals surface area contributed by atoms with E-state index in [-0.39, 0.29) is 0 Å². The van der Waals surface area contributed by atoms with E-state index in [1.807, 2.05) is 13.1 Å². The number of fused-ring (bicyclic) bond motifs is 3. The first kappa shape index (κ1) is 13.8. The van der Waals surface area contributed by atoms with Gasteiger partial charge in [-0.15, -0.1) is 5.10 Å². The van der Waals surface area contributed by atoms with Crippen molar-refractivity contribution >= 4 is 16.7 Å². The van der Waals surface area contributed by atoms with Gasteiger partial charge in [0.05, 0.1) is 17.3 Å². The average molecular weight is 330 g/mol. The van der Waals surface area contributed by atoms with E-state index in [0.717, 1.165) is 33.6 Å². The molecular weight excluding hydrogens is 316 g/mol. The summed E-state index contributed by atoms with van der Waals surface area (Å²) in [5, 5.41) is 17.0. The van der Waals surface area contributed by atoms with Crippen LogP contribution in [0.3, 0.4) is 0 Å². The lowest BCUT2D eigenvalue weighted by atomic mass is 10.1. The fourth-order valence-electron chi connectivity index (χ4n) is 2.86. The largest absolute Gasteiger partial charge is 0.274 e. The summed E-state index contributed by atoms with van der Waals surface area (Å²) < 4.78 is 3.38. The Kier molecular flexibility index (Phi) is 2.75. The Labute approximate surface area is 142 Å². The highest BCUT2D eigenvalue weighted by Gasteiger charge is 2.14. The molecule has 0 unspecified atom stereocenters. The quantitative estimate of drug-likeness (QED) is 0.537. The van der Waals surface area contributed by atoms with Gasteiger partial charge in [-0.1, -0.05) is 29.8 Å². The fourth-order valence-corrected chi connectivity index (χ4v) is 2.86. The molecule has 0 bridgehead atoms. The van der Waals surface area contributed by atoms with Gasteiger partial charge in [0.1, 0.15) is 12.0 Å². The van der Waals surface area contributed by atoms with E-state index in [1.54, 1.807) is 21.7 Å². The van der Waals surface area contributed by atoms with Crippen molar-refractivity contribution in [1.82, 2.24) is 39.6 Å². The van der Waals surface area contributed by atoms with Gasteiger partial charge in [0.15, 0.2) is 17.1 Å². The number of rotatable bonds is 2. The first-order valence-corrected chi connectivity index (χ1v) is 7.85. The van der Waals surface area contributed by atoms with E-state index in [2.05, 4.69) is 61.6 Å². The summed E-state index contributed by atoms with van der Waals surface area (Å²) >= 11 is 0. The van der Waals surface area contributed by atoms with Gasteiger partial charge in [0, 0.05) is 12.6 Å². The van der Waals surface area contributed by atoms with Crippen LogP contribution in [-0.2, 0) is 7.05 Å². The Morgan fingerprint density at radius 3 is 2.76 bits per heavy atom. The van der Waals surface area contributed by atoms with Crippen molar-refractivity contribution < 1.29 is 0 Å². The maximum absolute atomic E-state index is 4.63. The number of aryl methyl sites for hydroxylation is 2. The molecule has 0 aliphatic carbocycles. The molecule has 0 spiro atoms. The minimum absolute atomic E-state index is 0.573. The zero-order chi connectivity index (χ0) is 17.0. The van der Waals surface area contributed by atoms with Gasteiger partial charge in [0.2, 0.25) is 0 Å². The number of benzene rings is 1. The number of hydrogen-bond acceptors (Lipinski definition) is 5. The molecule has 5 rings (SSSR count). The monoisotopic (exact) mass is 330 g/mol. The van der Waals surface area contributed by atoms with E-state index >= 15 is 0 Å². The summed E-state index contributed by atoms with van der Waals surface area (Å²) in [6.07, 6.45) is 3.40. The zero-order valence-corrected chi connectivity index (χ0v) is 13.7. The molecule has 0 fully saturated rings. The Morgan fingerprint density at radius 1 is 1.08 bits per heavy atom. The highest BCUT2D eigenvalue weighted by atomic mass is 15.3. The molecule has 0 aliphatic rings. The molecule has 0 aliphatic heterocycles. The Balaban J connectivity index is 1.61. The van der Waals surface area contributed by atoms with Gasteiger partial charge < -0.3 is 0 Å². The molecule has 5 aromatic rings. The highest BCUT2D eigenvalue weighted by Crippen LogP contribution is 2.24. The van der Waals surface area contributed by atoms with Crippen molar-refractivity contribution in [2.75, 3.05) is 0 Å². The predicted molar refractivity (Wildman–Crippen MR) is 92.8 cm³/mol. The van der Waals surface area contributed by atoms with Crippen LogP contribution < -0.4 is 0 Å². The number of nitrogens with zero attached hydrogens (tertiary/aromatic N) is 7. The molecule has 8 heteroatoms. The third kappa shape index (κ3) is 2.11. The molecule has 4 aromatic heterocycles. The minimum Gasteiger partial charge on any atom is -0.274 e. The van der Waals surface area contributed by atoms with Crippen LogP contribution in [0.2, 0.25) is 0 Å². The summed E-state index contributed by atoms with van der Waals surface area (Å²) in [7, 11) is 1.85. The van der Waals surface area contributed by atoms with Crippen LogP contribution in [-0.4, -0.2) is 39.6 Å². The van der Waals surface area contributed by atoms with Crippen LogP contribution in [0, 0.1) is 6.92 Å². The van der Waals surface area contributed by atoms with Crippen LogP contribution in [0.5, 0.6) is 0 Å². The lowest BCUT2D eigenvalue weighted by Gasteiger charge is -1.95. The maximum atomic E-state index is 4.63. The van der Waals surface area contributed by atoms with Gasteiger partial charge in [-0.25, -0.2) is 14.5 Å². The lowest BCUT2D eigenvalue weighted by molar-refractivity contribution is 0.783. The molecule has 0 atom stereocenters. The first-order chi connectivity index (χ1) is 12.2. The molecule has 1 aromatic carbocycles. The van der Waals surface area contributed by atoms with Crippen LogP contribution in [0.4, 0.5) is 0 Å². The standard InChI is InChI=1S/C17H14N8/c1-10-3-5-11(6-4-10)13-7-14(22-21-13)15-20-17-12-8-19-24(2)16(12)18-9-25(17)23-15/h3-9H,1-2H3,(H,21,22). The van der Waals surface area contributed by atoms with E-state index in [1.165, 1.54) is 5.56 Å². The van der Waals surface area contributed by atoms with Crippen LogP contribution >= 0.6 is 0 Å². The van der Waals surface area contributed by atoms with Gasteiger partial charge in [-0.2, -0.15) is 10.2 Å². The smallest absolute Gasteiger partial charge is 0.200 e. The van der Waals surface area contributed by atoms with Crippen molar-refractivity contribution in [2.24, 2.45) is 7.05 Å². The number of H-pyrrole nitrogens is 1. The Morgan fingerprint density at radius 2 is 1.92 bits per heavy atom. The van der Waals surface area contributed by atoms with Crippen molar-refractivity contribution in [3.05, 3.63) is 48.4 Å². The van der Waals surface area contributed by atoms with Crippen LogP contribution in [0.15, 0.2) is 42.9 Å². The predicted octanol–water partition coefficient (Wildman–Crippen LogP) is 2.38. The van der Waals surface area contributed by atoms with Gasteiger partial charge >= 0.3 is 0 Å². The third-order valence-electron chi connectivity index (χ3n) is 4.24. The Bertz CT molecular complexity index is 1210. The SMILES string of the molecule is Cc1ccc(-c2cc(-c3nc4c5cnn(C)c5ncn4n3)[nH]n2)cc1. The molecule has 25 heavy (non-hydrogen) atoms. The molecular formula is C17H14N8. The maximum Gasteiger partial charge on any atom is 0.200 e. The summed E-state index contributed by atoms with van der Waals surface area (Å²) in [6.45, 7) is 2.06. The molecule has 0 saturated carbocycles. The molecule has 122 valence electrons. The van der Waals surface area contributed by atoms with Crippen LogP contribution in [0.1, 0.15) is 5.56 Å². The van der Waals surface area contributed by atoms with Gasteiger partial charge in [-0.05, 0) is 13.0 Å². The van der Waals surface area contributed by atoms with E-state index in [0.29, 0.717) is 5.82 Å². The van der Waals surface area contributed by atoms with Crippen molar-refractivity contribution in [3.8, 4) is 22.8 Å². The average Bonchev–Trinajstić information content (AvgIpc) is 3.32. The number of aromatic nitrogens is 8. The van der Waals surface area contributed by atoms with Crippen LogP contribution in [0.25, 0.3) is 39.5 Å². The molecule has 0 radical (unpaired) electrons. The lowest BCUT2D eigenvalue weighted by Crippen LogP contribution is -1.94. The zero-order valence-electron chi connectivity index (χ0n) is 13.7. The fraction of sp³-hybridized carbons (Fsp3) is 0.118. The number of aromatic amines is 1. The normalized spacial score (nSPS) is 11.6. The molecule has 0 amide bonds. The summed E-state index contributed by atoms with van der Waals surface area (Å²) in [6, 6.07) is 10.2. The topological polar surface area (TPSA) is 89.6 Å². The summed E-state index contributed by atoms with van der Waals surface area (Å²) in [5.74, 6) is 0.573. The first-order valence-electron chi connectivity index (χ1n) is 7.85. The second kappa shape index (κ2) is 4.97. The number of hydrogen-bond donors (Lipinski definition) is 1. The molecule has 0 saturated heterocycles. The number of nitrogens with one attached hydrogen (secondary N) is 1. The van der Waals surface area contributed by atoms with Crippen molar-refractivity contribution in [1.29, 1.82) is 0 Å². The van der Waals surface area contributed by atoms with Crippen molar-refractivity contribution in [2.45, 2.75) is 6.92 Å². The second-order valence-electron chi connectivity index (χ2n) is 5.99. The van der Waals surface area contributed by atoms with Crippen molar-refractivity contribution in [3.63, 3.8) is 0 Å². The van der Waals surface area contributed by atoms with E-state index in [9.17, 15) is 0 Å². The van der Waals surface area contributed by atoms with E-state index < -0.39 is 0 Å². The van der Waals surface area contributed by atoms with Gasteiger partial charge in [-0.3, -0.25) is 9.78 Å². The summed E-state index contributed by atoms with van der Waals surface area (Å²) in [4.78, 5) is 9.00. The third-order valence-corrected chi connectivity index (χ3v) is 4.24. The minimum atomic E-state index is 0.573. The van der Waals surface area contributed by atoms with Gasteiger partial charge in [0.25, 0.3) is 0 Å². The molecule has 1 N–H and O–H groups in total. The van der Waals surface area contributed by atoms with E-state index in [4.69, 9.17) is 0 Å².